The highest BCUT2D eigenvalue weighted by atomic mass is 16.4. The lowest BCUT2D eigenvalue weighted by atomic mass is 9.97. The van der Waals surface area contributed by atoms with Crippen molar-refractivity contribution in [3.05, 3.63) is 82.9 Å². The number of carbonyl (C=O) groups excluding carboxylic acids is 2. The molecule has 0 aliphatic rings. The standard InChI is InChI=1S/C23H18N2O4/c1-13-10-11-15(21(26)23(28)29)19-18-16(22(24)27)8-5-9-17(18)25(20(13)19)12-14-6-3-2-4-7-14/h2-11H,12H2,1H3,(H2,24,27)(H,28,29). The molecule has 0 aliphatic carbocycles. The van der Waals surface area contributed by atoms with Gasteiger partial charge in [0.1, 0.15) is 0 Å². The molecule has 0 bridgehead atoms. The molecule has 1 aromatic heterocycles. The van der Waals surface area contributed by atoms with Crippen molar-refractivity contribution in [1.82, 2.24) is 4.57 Å². The van der Waals surface area contributed by atoms with Gasteiger partial charge < -0.3 is 15.4 Å². The summed E-state index contributed by atoms with van der Waals surface area (Å²) in [6.45, 7) is 2.39. The molecule has 0 fully saturated rings. The Balaban J connectivity index is 2.19. The summed E-state index contributed by atoms with van der Waals surface area (Å²) in [6.07, 6.45) is 0. The summed E-state index contributed by atoms with van der Waals surface area (Å²) in [7, 11) is 0. The number of amides is 1. The van der Waals surface area contributed by atoms with Gasteiger partial charge in [-0.05, 0) is 36.2 Å². The van der Waals surface area contributed by atoms with Gasteiger partial charge in [0.05, 0.1) is 11.0 Å². The molecule has 29 heavy (non-hydrogen) atoms. The second-order valence-electron chi connectivity index (χ2n) is 6.92. The van der Waals surface area contributed by atoms with Crippen molar-refractivity contribution >= 4 is 39.5 Å². The number of primary amides is 1. The Kier molecular flexibility index (Phi) is 4.39. The Morgan fingerprint density at radius 1 is 0.897 bits per heavy atom. The van der Waals surface area contributed by atoms with Crippen LogP contribution in [-0.2, 0) is 11.3 Å². The molecule has 6 nitrogen and oxygen atoms in total. The first-order chi connectivity index (χ1) is 13.9. The van der Waals surface area contributed by atoms with Crippen molar-refractivity contribution in [2.24, 2.45) is 5.73 Å². The first-order valence-corrected chi connectivity index (χ1v) is 9.06. The molecular formula is C23H18N2O4. The van der Waals surface area contributed by atoms with Crippen LogP contribution < -0.4 is 5.73 Å². The molecule has 4 aromatic rings. The average Bonchev–Trinajstić information content (AvgIpc) is 3.04. The Morgan fingerprint density at radius 3 is 2.28 bits per heavy atom. The van der Waals surface area contributed by atoms with E-state index in [1.165, 1.54) is 6.07 Å². The number of aliphatic carboxylic acids is 1. The highest BCUT2D eigenvalue weighted by molar-refractivity contribution is 6.43. The minimum absolute atomic E-state index is 0.0450. The quantitative estimate of drug-likeness (QED) is 0.405. The summed E-state index contributed by atoms with van der Waals surface area (Å²) < 4.78 is 2.00. The molecule has 1 heterocycles. The van der Waals surface area contributed by atoms with Gasteiger partial charge in [0, 0.05) is 28.4 Å². The van der Waals surface area contributed by atoms with Gasteiger partial charge in [-0.1, -0.05) is 42.5 Å². The van der Waals surface area contributed by atoms with Crippen LogP contribution in [0.5, 0.6) is 0 Å². The fourth-order valence-corrected chi connectivity index (χ4v) is 3.88. The number of carboxylic acid groups (broad SMARTS) is 1. The molecule has 3 aromatic carbocycles. The van der Waals surface area contributed by atoms with Crippen LogP contribution in [0, 0.1) is 6.92 Å². The highest BCUT2D eigenvalue weighted by Crippen LogP contribution is 2.36. The Bertz CT molecular complexity index is 1300. The first-order valence-electron chi connectivity index (χ1n) is 9.06. The zero-order valence-corrected chi connectivity index (χ0v) is 15.7. The number of benzene rings is 3. The third-order valence-corrected chi connectivity index (χ3v) is 5.12. The molecule has 3 N–H and O–H groups in total. The first kappa shape index (κ1) is 18.4. The second kappa shape index (κ2) is 6.91. The SMILES string of the molecule is Cc1ccc(C(=O)C(=O)O)c2c3c(C(N)=O)cccc3n(Cc3ccccc3)c12. The maximum absolute atomic E-state index is 12.4. The normalized spacial score (nSPS) is 11.1. The van der Waals surface area contributed by atoms with Crippen molar-refractivity contribution in [1.29, 1.82) is 0 Å². The van der Waals surface area contributed by atoms with E-state index >= 15 is 0 Å². The molecule has 0 saturated heterocycles. The van der Waals surface area contributed by atoms with Crippen LogP contribution >= 0.6 is 0 Å². The monoisotopic (exact) mass is 386 g/mol. The van der Waals surface area contributed by atoms with Crippen molar-refractivity contribution in [2.45, 2.75) is 13.5 Å². The smallest absolute Gasteiger partial charge is 0.377 e. The summed E-state index contributed by atoms with van der Waals surface area (Å²) in [4.78, 5) is 36.0. The molecule has 4 rings (SSSR count). The van der Waals surface area contributed by atoms with E-state index in [-0.39, 0.29) is 11.1 Å². The molecule has 0 aliphatic heterocycles. The Hall–Kier alpha value is -3.93. The Labute approximate surface area is 166 Å². The highest BCUT2D eigenvalue weighted by Gasteiger charge is 2.25. The topological polar surface area (TPSA) is 102 Å². The number of ketones is 1. The Morgan fingerprint density at radius 2 is 1.62 bits per heavy atom. The van der Waals surface area contributed by atoms with E-state index in [1.54, 1.807) is 18.2 Å². The maximum Gasteiger partial charge on any atom is 0.377 e. The third-order valence-electron chi connectivity index (χ3n) is 5.12. The fraction of sp³-hybridized carbons (Fsp3) is 0.0870. The van der Waals surface area contributed by atoms with E-state index < -0.39 is 17.7 Å². The molecule has 1 amide bonds. The molecule has 0 unspecified atom stereocenters. The minimum Gasteiger partial charge on any atom is -0.475 e. The molecule has 0 saturated carbocycles. The summed E-state index contributed by atoms with van der Waals surface area (Å²) in [5, 5.41) is 10.3. The van der Waals surface area contributed by atoms with Crippen LogP contribution in [0.4, 0.5) is 0 Å². The zero-order valence-electron chi connectivity index (χ0n) is 15.7. The number of hydrogen-bond donors (Lipinski definition) is 2. The van der Waals surface area contributed by atoms with E-state index in [1.807, 2.05) is 47.9 Å². The van der Waals surface area contributed by atoms with Gasteiger partial charge in [0.2, 0.25) is 5.91 Å². The van der Waals surface area contributed by atoms with Crippen molar-refractivity contribution in [2.75, 3.05) is 0 Å². The van der Waals surface area contributed by atoms with Crippen molar-refractivity contribution < 1.29 is 19.5 Å². The summed E-state index contributed by atoms with van der Waals surface area (Å²) >= 11 is 0. The predicted molar refractivity (Wildman–Crippen MR) is 110 cm³/mol. The minimum atomic E-state index is -1.55. The number of rotatable bonds is 5. The van der Waals surface area contributed by atoms with E-state index in [0.29, 0.717) is 28.4 Å². The molecule has 6 heteroatoms. The molecule has 0 spiro atoms. The van der Waals surface area contributed by atoms with Gasteiger partial charge in [0.25, 0.3) is 5.78 Å². The van der Waals surface area contributed by atoms with E-state index in [0.717, 1.165) is 11.1 Å². The van der Waals surface area contributed by atoms with Gasteiger partial charge in [-0.15, -0.1) is 0 Å². The van der Waals surface area contributed by atoms with Crippen LogP contribution in [0.25, 0.3) is 21.8 Å². The number of Topliss-reactive ketones (excluding diaryl/α,β-unsaturated/α-hetero) is 1. The van der Waals surface area contributed by atoms with E-state index in [2.05, 4.69) is 0 Å². The number of carbonyl (C=O) groups is 3. The zero-order chi connectivity index (χ0) is 20.7. The number of aryl methyl sites for hydroxylation is 1. The summed E-state index contributed by atoms with van der Waals surface area (Å²) in [6, 6.07) is 18.2. The second-order valence-corrected chi connectivity index (χ2v) is 6.92. The van der Waals surface area contributed by atoms with E-state index in [4.69, 9.17) is 5.73 Å². The summed E-state index contributed by atoms with van der Waals surface area (Å²) in [5.41, 5.74) is 9.23. The lowest BCUT2D eigenvalue weighted by Crippen LogP contribution is -2.14. The lowest BCUT2D eigenvalue weighted by molar-refractivity contribution is -0.131. The van der Waals surface area contributed by atoms with Crippen LogP contribution in [0.3, 0.4) is 0 Å². The van der Waals surface area contributed by atoms with Gasteiger partial charge in [-0.25, -0.2) is 4.79 Å². The average molecular weight is 386 g/mol. The molecule has 0 atom stereocenters. The lowest BCUT2D eigenvalue weighted by Gasteiger charge is -2.10. The number of nitrogens with zero attached hydrogens (tertiary/aromatic N) is 1. The van der Waals surface area contributed by atoms with Gasteiger partial charge in [-0.2, -0.15) is 0 Å². The third kappa shape index (κ3) is 2.95. The van der Waals surface area contributed by atoms with Crippen LogP contribution in [0.2, 0.25) is 0 Å². The van der Waals surface area contributed by atoms with Crippen LogP contribution in [0.1, 0.15) is 31.8 Å². The van der Waals surface area contributed by atoms with Gasteiger partial charge >= 0.3 is 5.97 Å². The predicted octanol–water partition coefficient (Wildman–Crippen LogP) is 3.52. The van der Waals surface area contributed by atoms with Crippen molar-refractivity contribution in [3.8, 4) is 0 Å². The van der Waals surface area contributed by atoms with Crippen molar-refractivity contribution in [3.63, 3.8) is 0 Å². The maximum atomic E-state index is 12.4. The molecular weight excluding hydrogens is 368 g/mol. The fourth-order valence-electron chi connectivity index (χ4n) is 3.88. The number of aromatic nitrogens is 1. The van der Waals surface area contributed by atoms with Gasteiger partial charge in [-0.3, -0.25) is 9.59 Å². The number of fused-ring (bicyclic) bond motifs is 3. The largest absolute Gasteiger partial charge is 0.475 e. The number of carboxylic acids is 1. The number of hydrogen-bond acceptors (Lipinski definition) is 3. The van der Waals surface area contributed by atoms with Gasteiger partial charge in [0.15, 0.2) is 0 Å². The van der Waals surface area contributed by atoms with E-state index in [9.17, 15) is 19.5 Å². The summed E-state index contributed by atoms with van der Waals surface area (Å²) in [5.74, 6) is -3.20. The molecule has 0 radical (unpaired) electrons. The van der Waals surface area contributed by atoms with Crippen LogP contribution in [-0.4, -0.2) is 27.3 Å². The van der Waals surface area contributed by atoms with Crippen LogP contribution in [0.15, 0.2) is 60.7 Å². The number of nitrogens with two attached hydrogens (primary N) is 1. The molecule has 144 valence electrons.